The van der Waals surface area contributed by atoms with Crippen LogP contribution in [0.15, 0.2) is 18.2 Å². The van der Waals surface area contributed by atoms with Gasteiger partial charge in [-0.05, 0) is 31.9 Å². The highest BCUT2D eigenvalue weighted by molar-refractivity contribution is 5.43. The van der Waals surface area contributed by atoms with Gasteiger partial charge in [0.15, 0.2) is 0 Å². The van der Waals surface area contributed by atoms with Gasteiger partial charge in [0.1, 0.15) is 0 Å². The molecule has 112 valence electrons. The summed E-state index contributed by atoms with van der Waals surface area (Å²) in [5.41, 5.74) is -1.39. The van der Waals surface area contributed by atoms with Gasteiger partial charge in [-0.15, -0.1) is 0 Å². The lowest BCUT2D eigenvalue weighted by molar-refractivity contribution is -0.385. The van der Waals surface area contributed by atoms with E-state index in [0.717, 1.165) is 6.07 Å². The molecule has 0 aliphatic rings. The molecule has 1 aromatic rings. The number of nitro benzene ring substituents is 1. The molecule has 0 aliphatic carbocycles. The minimum absolute atomic E-state index is 0.0902. The minimum atomic E-state index is -4.61. The standard InChI is InChI=1S/C13H17F3N2O2/c1-4-10(8(2)17-3)11-6-5-9(18(19)20)7-12(11)13(14,15)16/h5-8,10,17H,4H2,1-3H3. The number of nitro groups is 1. The van der Waals surface area contributed by atoms with Crippen LogP contribution in [0.1, 0.15) is 37.3 Å². The third kappa shape index (κ3) is 3.47. The van der Waals surface area contributed by atoms with Crippen molar-refractivity contribution in [2.75, 3.05) is 7.05 Å². The fourth-order valence-corrected chi connectivity index (χ4v) is 2.27. The van der Waals surface area contributed by atoms with Crippen LogP contribution in [-0.2, 0) is 6.18 Å². The van der Waals surface area contributed by atoms with Crippen LogP contribution in [-0.4, -0.2) is 18.0 Å². The van der Waals surface area contributed by atoms with E-state index in [-0.39, 0.29) is 17.5 Å². The lowest BCUT2D eigenvalue weighted by Gasteiger charge is -2.25. The Labute approximate surface area is 115 Å². The SMILES string of the molecule is CCC(c1ccc([N+](=O)[O-])cc1C(F)(F)F)C(C)NC. The van der Waals surface area contributed by atoms with E-state index in [0.29, 0.717) is 12.5 Å². The Morgan fingerprint density at radius 1 is 1.40 bits per heavy atom. The predicted octanol–water partition coefficient (Wildman–Crippen LogP) is 3.72. The Balaban J connectivity index is 3.41. The molecule has 0 bridgehead atoms. The molecule has 0 aromatic heterocycles. The van der Waals surface area contributed by atoms with Gasteiger partial charge in [0, 0.05) is 18.2 Å². The fraction of sp³-hybridized carbons (Fsp3) is 0.538. The summed E-state index contributed by atoms with van der Waals surface area (Å²) < 4.78 is 39.3. The molecule has 0 aliphatic heterocycles. The summed E-state index contributed by atoms with van der Waals surface area (Å²) >= 11 is 0. The molecule has 1 rings (SSSR count). The zero-order valence-electron chi connectivity index (χ0n) is 11.5. The average molecular weight is 290 g/mol. The van der Waals surface area contributed by atoms with Crippen LogP contribution in [0.2, 0.25) is 0 Å². The Hall–Kier alpha value is -1.63. The van der Waals surface area contributed by atoms with Gasteiger partial charge >= 0.3 is 6.18 Å². The Morgan fingerprint density at radius 3 is 2.40 bits per heavy atom. The molecular formula is C13H17F3N2O2. The molecule has 0 spiro atoms. The van der Waals surface area contributed by atoms with Crippen LogP contribution in [0.3, 0.4) is 0 Å². The van der Waals surface area contributed by atoms with Crippen molar-refractivity contribution in [3.8, 4) is 0 Å². The van der Waals surface area contributed by atoms with Crippen molar-refractivity contribution >= 4 is 5.69 Å². The normalized spacial score (nSPS) is 14.9. The van der Waals surface area contributed by atoms with Crippen LogP contribution in [0.4, 0.5) is 18.9 Å². The smallest absolute Gasteiger partial charge is 0.317 e. The van der Waals surface area contributed by atoms with Crippen molar-refractivity contribution in [1.82, 2.24) is 5.32 Å². The number of halogens is 3. The summed E-state index contributed by atoms with van der Waals surface area (Å²) in [6.07, 6.45) is -4.11. The number of nitrogens with one attached hydrogen (secondary N) is 1. The monoisotopic (exact) mass is 290 g/mol. The van der Waals surface area contributed by atoms with Gasteiger partial charge in [-0.25, -0.2) is 0 Å². The Morgan fingerprint density at radius 2 is 2.00 bits per heavy atom. The van der Waals surface area contributed by atoms with Gasteiger partial charge in [0.05, 0.1) is 10.5 Å². The third-order valence-corrected chi connectivity index (χ3v) is 3.45. The first-order chi connectivity index (χ1) is 9.22. The number of alkyl halides is 3. The third-order valence-electron chi connectivity index (χ3n) is 3.45. The van der Waals surface area contributed by atoms with E-state index in [1.54, 1.807) is 20.9 Å². The summed E-state index contributed by atoms with van der Waals surface area (Å²) in [4.78, 5) is 9.83. The van der Waals surface area contributed by atoms with Crippen molar-refractivity contribution < 1.29 is 18.1 Å². The van der Waals surface area contributed by atoms with E-state index < -0.39 is 22.4 Å². The van der Waals surface area contributed by atoms with E-state index in [9.17, 15) is 23.3 Å². The Kier molecular flexibility index (Phi) is 5.10. The minimum Gasteiger partial charge on any atom is -0.317 e. The van der Waals surface area contributed by atoms with Crippen molar-refractivity contribution in [1.29, 1.82) is 0 Å². The second-order valence-corrected chi connectivity index (χ2v) is 4.62. The van der Waals surface area contributed by atoms with Crippen molar-refractivity contribution in [3.63, 3.8) is 0 Å². The first-order valence-electron chi connectivity index (χ1n) is 6.25. The first-order valence-corrected chi connectivity index (χ1v) is 6.25. The Bertz CT molecular complexity index is 489. The van der Waals surface area contributed by atoms with E-state index in [1.165, 1.54) is 6.07 Å². The number of likely N-dealkylation sites (N-methyl/N-ethyl adjacent to an activating group) is 1. The zero-order valence-corrected chi connectivity index (χ0v) is 11.5. The van der Waals surface area contributed by atoms with E-state index >= 15 is 0 Å². The molecule has 0 saturated heterocycles. The van der Waals surface area contributed by atoms with Gasteiger partial charge < -0.3 is 5.32 Å². The topological polar surface area (TPSA) is 55.2 Å². The quantitative estimate of drug-likeness (QED) is 0.664. The highest BCUT2D eigenvalue weighted by Crippen LogP contribution is 2.39. The first kappa shape index (κ1) is 16.4. The number of rotatable bonds is 5. The summed E-state index contributed by atoms with van der Waals surface area (Å²) in [7, 11) is 1.67. The predicted molar refractivity (Wildman–Crippen MR) is 69.7 cm³/mol. The highest BCUT2D eigenvalue weighted by atomic mass is 19.4. The molecule has 7 heteroatoms. The van der Waals surface area contributed by atoms with Gasteiger partial charge in [0.25, 0.3) is 5.69 Å². The number of benzene rings is 1. The number of hydrogen-bond donors (Lipinski definition) is 1. The van der Waals surface area contributed by atoms with Crippen molar-refractivity contribution in [2.24, 2.45) is 0 Å². The van der Waals surface area contributed by atoms with Gasteiger partial charge in [-0.2, -0.15) is 13.2 Å². The lowest BCUT2D eigenvalue weighted by Crippen LogP contribution is -2.30. The van der Waals surface area contributed by atoms with E-state index in [4.69, 9.17) is 0 Å². The molecular weight excluding hydrogens is 273 g/mol. The number of nitrogens with zero attached hydrogens (tertiary/aromatic N) is 1. The molecule has 20 heavy (non-hydrogen) atoms. The zero-order chi connectivity index (χ0) is 15.5. The number of hydrogen-bond acceptors (Lipinski definition) is 3. The maximum Gasteiger partial charge on any atom is 0.416 e. The summed E-state index contributed by atoms with van der Waals surface area (Å²) in [5.74, 6) is -0.363. The van der Waals surface area contributed by atoms with Gasteiger partial charge in [0.2, 0.25) is 0 Å². The highest BCUT2D eigenvalue weighted by Gasteiger charge is 2.37. The lowest BCUT2D eigenvalue weighted by atomic mass is 9.86. The van der Waals surface area contributed by atoms with Crippen LogP contribution in [0.5, 0.6) is 0 Å². The van der Waals surface area contributed by atoms with E-state index in [2.05, 4.69) is 5.32 Å². The van der Waals surface area contributed by atoms with E-state index in [1.807, 2.05) is 0 Å². The molecule has 1 N–H and O–H groups in total. The maximum atomic E-state index is 13.1. The molecule has 1 aromatic carbocycles. The molecule has 0 heterocycles. The number of non-ortho nitro benzene ring substituents is 1. The maximum absolute atomic E-state index is 13.1. The largest absolute Gasteiger partial charge is 0.416 e. The molecule has 0 amide bonds. The second-order valence-electron chi connectivity index (χ2n) is 4.62. The second kappa shape index (κ2) is 6.21. The molecule has 0 fully saturated rings. The van der Waals surface area contributed by atoms with Crippen molar-refractivity contribution in [2.45, 2.75) is 38.4 Å². The fourth-order valence-electron chi connectivity index (χ4n) is 2.27. The van der Waals surface area contributed by atoms with Crippen LogP contribution >= 0.6 is 0 Å². The molecule has 0 radical (unpaired) electrons. The van der Waals surface area contributed by atoms with Gasteiger partial charge in [-0.3, -0.25) is 10.1 Å². The summed E-state index contributed by atoms with van der Waals surface area (Å²) in [5, 5.41) is 13.6. The molecule has 0 saturated carbocycles. The van der Waals surface area contributed by atoms with Crippen LogP contribution < -0.4 is 5.32 Å². The van der Waals surface area contributed by atoms with Crippen LogP contribution in [0.25, 0.3) is 0 Å². The van der Waals surface area contributed by atoms with Crippen LogP contribution in [0, 0.1) is 10.1 Å². The molecule has 2 atom stereocenters. The summed E-state index contributed by atoms with van der Waals surface area (Å²) in [6, 6.07) is 2.78. The van der Waals surface area contributed by atoms with Gasteiger partial charge in [-0.1, -0.05) is 13.0 Å². The summed E-state index contributed by atoms with van der Waals surface area (Å²) in [6.45, 7) is 3.58. The molecule has 2 unspecified atom stereocenters. The average Bonchev–Trinajstić information content (AvgIpc) is 2.38. The molecule has 4 nitrogen and oxygen atoms in total. The van der Waals surface area contributed by atoms with Crippen molar-refractivity contribution in [3.05, 3.63) is 39.4 Å².